The van der Waals surface area contributed by atoms with Gasteiger partial charge in [-0.2, -0.15) is 5.10 Å². The second kappa shape index (κ2) is 11.9. The van der Waals surface area contributed by atoms with Crippen LogP contribution < -0.4 is 10.1 Å². The van der Waals surface area contributed by atoms with Crippen LogP contribution >= 0.6 is 0 Å². The van der Waals surface area contributed by atoms with Gasteiger partial charge in [-0.05, 0) is 52.6 Å². The maximum absolute atomic E-state index is 13.4. The smallest absolute Gasteiger partial charge is 0.224 e. The highest BCUT2D eigenvalue weighted by Crippen LogP contribution is 2.35. The van der Waals surface area contributed by atoms with E-state index in [4.69, 9.17) is 4.74 Å². The van der Waals surface area contributed by atoms with Gasteiger partial charge in [0.25, 0.3) is 0 Å². The molecular weight excluding hydrogens is 422 g/mol. The molecule has 5 heteroatoms. The van der Waals surface area contributed by atoms with Gasteiger partial charge in [-0.15, -0.1) is 0 Å². The normalized spacial score (nSPS) is 12.4. The number of anilines is 1. The average Bonchev–Trinajstić information content (AvgIpc) is 3.31. The van der Waals surface area contributed by atoms with Gasteiger partial charge in [-0.1, -0.05) is 77.3 Å². The minimum atomic E-state index is -0.0873. The number of benzene rings is 2. The van der Waals surface area contributed by atoms with Crippen molar-refractivity contribution in [3.05, 3.63) is 77.6 Å². The Labute approximate surface area is 204 Å². The van der Waals surface area contributed by atoms with E-state index in [1.54, 1.807) is 13.3 Å². The highest BCUT2D eigenvalue weighted by atomic mass is 16.5. The summed E-state index contributed by atoms with van der Waals surface area (Å²) in [5.74, 6) is 1.01. The van der Waals surface area contributed by atoms with Crippen molar-refractivity contribution in [2.75, 3.05) is 12.4 Å². The third-order valence-corrected chi connectivity index (χ3v) is 6.24. The number of carbonyl (C=O) groups is 1. The Morgan fingerprint density at radius 1 is 1.12 bits per heavy atom. The third kappa shape index (κ3) is 6.96. The summed E-state index contributed by atoms with van der Waals surface area (Å²) in [6, 6.07) is 16.3. The Morgan fingerprint density at radius 2 is 1.91 bits per heavy atom. The first-order valence-electron chi connectivity index (χ1n) is 12.4. The monoisotopic (exact) mass is 461 g/mol. The zero-order chi connectivity index (χ0) is 24.6. The van der Waals surface area contributed by atoms with E-state index in [-0.39, 0.29) is 17.2 Å². The molecule has 0 fully saturated rings. The van der Waals surface area contributed by atoms with Crippen LogP contribution in [0.5, 0.6) is 5.75 Å². The first kappa shape index (κ1) is 25.5. The molecule has 1 N–H and O–H groups in total. The fraction of sp³-hybridized carbons (Fsp3) is 0.448. The fourth-order valence-corrected chi connectivity index (χ4v) is 4.47. The molecular formula is C29H39N3O2. The number of methoxy groups -OCH3 is 1. The van der Waals surface area contributed by atoms with E-state index in [0.717, 1.165) is 53.8 Å². The van der Waals surface area contributed by atoms with Crippen LogP contribution in [0.25, 0.3) is 0 Å². The van der Waals surface area contributed by atoms with Crippen molar-refractivity contribution in [1.29, 1.82) is 0 Å². The molecule has 1 amide bonds. The Hall–Kier alpha value is -3.08. The number of nitrogens with zero attached hydrogens (tertiary/aromatic N) is 2. The number of amides is 1. The standard InChI is InChI=1S/C29H39N3O2/c1-6-7-8-12-23(24-13-9-10-14-27(24)34-5)20-28(33)31-26-19-22(21-32-18-11-17-30-32)15-16-25(26)29(2,3)4/h9-11,13-19,23H,6-8,12,20-21H2,1-5H3,(H,31,33). The Bertz CT molecular complexity index is 1050. The highest BCUT2D eigenvalue weighted by Gasteiger charge is 2.23. The topological polar surface area (TPSA) is 56.2 Å². The molecule has 1 atom stereocenters. The minimum Gasteiger partial charge on any atom is -0.496 e. The summed E-state index contributed by atoms with van der Waals surface area (Å²) in [7, 11) is 1.70. The van der Waals surface area contributed by atoms with Crippen LogP contribution in [-0.4, -0.2) is 22.8 Å². The molecule has 3 aromatic rings. The number of nitrogens with one attached hydrogen (secondary N) is 1. The molecule has 0 spiro atoms. The Morgan fingerprint density at radius 3 is 2.59 bits per heavy atom. The average molecular weight is 462 g/mol. The molecule has 1 heterocycles. The van der Waals surface area contributed by atoms with Gasteiger partial charge in [0.15, 0.2) is 0 Å². The number of hydrogen-bond donors (Lipinski definition) is 1. The zero-order valence-electron chi connectivity index (χ0n) is 21.3. The second-order valence-electron chi connectivity index (χ2n) is 10.0. The molecule has 0 radical (unpaired) electrons. The lowest BCUT2D eigenvalue weighted by Crippen LogP contribution is -2.21. The number of ether oxygens (including phenoxy) is 1. The van der Waals surface area contributed by atoms with Gasteiger partial charge in [0.2, 0.25) is 5.91 Å². The maximum Gasteiger partial charge on any atom is 0.224 e. The van der Waals surface area contributed by atoms with E-state index in [1.807, 2.05) is 35.1 Å². The lowest BCUT2D eigenvalue weighted by molar-refractivity contribution is -0.116. The first-order chi connectivity index (χ1) is 16.3. The molecule has 1 unspecified atom stereocenters. The minimum absolute atomic E-state index is 0.0362. The van der Waals surface area contributed by atoms with Crippen molar-refractivity contribution < 1.29 is 9.53 Å². The van der Waals surface area contributed by atoms with Crippen molar-refractivity contribution >= 4 is 11.6 Å². The van der Waals surface area contributed by atoms with E-state index in [2.05, 4.69) is 62.4 Å². The number of para-hydroxylation sites is 1. The fourth-order valence-electron chi connectivity index (χ4n) is 4.47. The molecule has 0 aliphatic rings. The molecule has 0 aliphatic heterocycles. The van der Waals surface area contributed by atoms with Gasteiger partial charge >= 0.3 is 0 Å². The predicted octanol–water partition coefficient (Wildman–Crippen LogP) is 6.93. The van der Waals surface area contributed by atoms with Crippen LogP contribution in [0.4, 0.5) is 5.69 Å². The molecule has 5 nitrogen and oxygen atoms in total. The molecule has 2 aromatic carbocycles. The van der Waals surface area contributed by atoms with Crippen LogP contribution in [0.1, 0.15) is 82.4 Å². The molecule has 3 rings (SSSR count). The van der Waals surface area contributed by atoms with E-state index in [1.165, 1.54) is 0 Å². The van der Waals surface area contributed by atoms with Crippen LogP contribution in [0.15, 0.2) is 60.9 Å². The number of rotatable bonds is 11. The van der Waals surface area contributed by atoms with Gasteiger partial charge in [-0.3, -0.25) is 9.48 Å². The summed E-state index contributed by atoms with van der Waals surface area (Å²) in [6.45, 7) is 9.39. The van der Waals surface area contributed by atoms with Crippen molar-refractivity contribution in [1.82, 2.24) is 9.78 Å². The van der Waals surface area contributed by atoms with Gasteiger partial charge in [0.1, 0.15) is 5.75 Å². The van der Waals surface area contributed by atoms with E-state index >= 15 is 0 Å². The van der Waals surface area contributed by atoms with Gasteiger partial charge in [0, 0.05) is 24.5 Å². The van der Waals surface area contributed by atoms with E-state index in [9.17, 15) is 4.79 Å². The first-order valence-corrected chi connectivity index (χ1v) is 12.4. The second-order valence-corrected chi connectivity index (χ2v) is 10.0. The Balaban J connectivity index is 1.83. The molecule has 1 aromatic heterocycles. The molecule has 0 saturated carbocycles. The lowest BCUT2D eigenvalue weighted by atomic mass is 9.85. The number of unbranched alkanes of at least 4 members (excludes halogenated alkanes) is 2. The third-order valence-electron chi connectivity index (χ3n) is 6.24. The number of aromatic nitrogens is 2. The predicted molar refractivity (Wildman–Crippen MR) is 140 cm³/mol. The van der Waals surface area contributed by atoms with Gasteiger partial charge in [-0.25, -0.2) is 0 Å². The highest BCUT2D eigenvalue weighted by molar-refractivity contribution is 5.92. The van der Waals surface area contributed by atoms with Gasteiger partial charge in [0.05, 0.1) is 13.7 Å². The van der Waals surface area contributed by atoms with Crippen LogP contribution in [0.2, 0.25) is 0 Å². The van der Waals surface area contributed by atoms with E-state index < -0.39 is 0 Å². The zero-order valence-corrected chi connectivity index (χ0v) is 21.3. The summed E-state index contributed by atoms with van der Waals surface area (Å²) in [6.07, 6.45) is 8.54. The van der Waals surface area contributed by atoms with Crippen molar-refractivity contribution in [2.24, 2.45) is 0 Å². The largest absolute Gasteiger partial charge is 0.496 e. The summed E-state index contributed by atoms with van der Waals surface area (Å²) in [5, 5.41) is 7.57. The summed E-state index contributed by atoms with van der Waals surface area (Å²) < 4.78 is 7.51. The van der Waals surface area contributed by atoms with Crippen LogP contribution in [-0.2, 0) is 16.8 Å². The molecule has 34 heavy (non-hydrogen) atoms. The van der Waals surface area contributed by atoms with Gasteiger partial charge < -0.3 is 10.1 Å². The molecule has 182 valence electrons. The number of hydrogen-bond acceptors (Lipinski definition) is 3. The van der Waals surface area contributed by atoms with Crippen molar-refractivity contribution in [3.63, 3.8) is 0 Å². The molecule has 0 aliphatic carbocycles. The van der Waals surface area contributed by atoms with Crippen LogP contribution in [0.3, 0.4) is 0 Å². The maximum atomic E-state index is 13.4. The summed E-state index contributed by atoms with van der Waals surface area (Å²) in [4.78, 5) is 13.4. The molecule has 0 bridgehead atoms. The molecule has 0 saturated heterocycles. The van der Waals surface area contributed by atoms with Crippen LogP contribution in [0, 0.1) is 0 Å². The SMILES string of the molecule is CCCCCC(CC(=O)Nc1cc(Cn2cccn2)ccc1C(C)(C)C)c1ccccc1OC. The van der Waals surface area contributed by atoms with Crippen molar-refractivity contribution in [2.45, 2.75) is 77.7 Å². The summed E-state index contributed by atoms with van der Waals surface area (Å²) >= 11 is 0. The quantitative estimate of drug-likeness (QED) is 0.315. The Kier molecular flexibility index (Phi) is 8.91. The van der Waals surface area contributed by atoms with Crippen molar-refractivity contribution in [3.8, 4) is 5.75 Å². The summed E-state index contributed by atoms with van der Waals surface area (Å²) in [5.41, 5.74) is 4.14. The van der Waals surface area contributed by atoms with E-state index in [0.29, 0.717) is 13.0 Å². The lowest BCUT2D eigenvalue weighted by Gasteiger charge is -2.25. The number of carbonyl (C=O) groups excluding carboxylic acids is 1.